The van der Waals surface area contributed by atoms with Crippen LogP contribution in [-0.2, 0) is 26.0 Å². The van der Waals surface area contributed by atoms with Crippen LogP contribution in [0.5, 0.6) is 5.75 Å². The van der Waals surface area contributed by atoms with Crippen LogP contribution in [0.4, 0.5) is 11.4 Å². The number of carbonyl (C=O) groups is 2. The van der Waals surface area contributed by atoms with Gasteiger partial charge in [-0.05, 0) is 30.9 Å². The number of sulfonamides is 1. The molecule has 2 amide bonds. The zero-order valence-corrected chi connectivity index (χ0v) is 22.5. The summed E-state index contributed by atoms with van der Waals surface area (Å²) in [5.41, 5.74) is 0.433. The van der Waals surface area contributed by atoms with Gasteiger partial charge in [-0.15, -0.1) is 0 Å². The summed E-state index contributed by atoms with van der Waals surface area (Å²) in [6, 6.07) is 12.0. The number of benzene rings is 2. The standard InChI is InChI=1S/C25H34N4O7S/c1-18(2)16-26-25(31)19(3)27(14-13-20-9-7-6-8-10-20)24(30)17-28(37(5,34)35)22-15-21(29(32)33)11-12-23(22)36-4/h6-12,15,18-19H,13-14,16-17H2,1-5H3,(H,26,31). The number of nitro groups is 1. The van der Waals surface area contributed by atoms with Gasteiger partial charge < -0.3 is 15.0 Å². The van der Waals surface area contributed by atoms with Crippen molar-refractivity contribution in [2.45, 2.75) is 33.2 Å². The number of hydrogen-bond donors (Lipinski definition) is 1. The van der Waals surface area contributed by atoms with Gasteiger partial charge >= 0.3 is 0 Å². The van der Waals surface area contributed by atoms with Crippen LogP contribution in [0.3, 0.4) is 0 Å². The predicted octanol–water partition coefficient (Wildman–Crippen LogP) is 2.60. The van der Waals surface area contributed by atoms with Gasteiger partial charge in [0, 0.05) is 25.2 Å². The summed E-state index contributed by atoms with van der Waals surface area (Å²) in [4.78, 5) is 38.4. The molecule has 0 bridgehead atoms. The molecule has 2 rings (SSSR count). The number of nitro benzene ring substituents is 1. The van der Waals surface area contributed by atoms with Crippen molar-refractivity contribution in [2.24, 2.45) is 5.92 Å². The average molecular weight is 535 g/mol. The lowest BCUT2D eigenvalue weighted by Crippen LogP contribution is -2.52. The number of nitrogens with one attached hydrogen (secondary N) is 1. The van der Waals surface area contributed by atoms with Crippen LogP contribution in [0.25, 0.3) is 0 Å². The third-order valence-corrected chi connectivity index (χ3v) is 6.78. The number of nitrogens with zero attached hydrogens (tertiary/aromatic N) is 3. The normalized spacial score (nSPS) is 12.1. The second kappa shape index (κ2) is 13.0. The maximum absolute atomic E-state index is 13.6. The Morgan fingerprint density at radius 2 is 1.76 bits per heavy atom. The third-order valence-electron chi connectivity index (χ3n) is 5.66. The molecule has 0 fully saturated rings. The van der Waals surface area contributed by atoms with Crippen molar-refractivity contribution in [3.05, 3.63) is 64.2 Å². The number of ether oxygens (including phenoxy) is 1. The van der Waals surface area contributed by atoms with Crippen molar-refractivity contribution < 1.29 is 27.7 Å². The Labute approximate surface area is 217 Å². The Hall–Kier alpha value is -3.67. The summed E-state index contributed by atoms with van der Waals surface area (Å²) >= 11 is 0. The summed E-state index contributed by atoms with van der Waals surface area (Å²) in [7, 11) is -2.78. The molecule has 0 heterocycles. The van der Waals surface area contributed by atoms with Gasteiger partial charge in [-0.2, -0.15) is 0 Å². The number of non-ortho nitro benzene ring substituents is 1. The zero-order valence-electron chi connectivity index (χ0n) is 21.7. The lowest BCUT2D eigenvalue weighted by Gasteiger charge is -2.32. The monoisotopic (exact) mass is 534 g/mol. The first-order chi connectivity index (χ1) is 17.3. The highest BCUT2D eigenvalue weighted by molar-refractivity contribution is 7.92. The van der Waals surface area contributed by atoms with Crippen molar-refractivity contribution in [1.82, 2.24) is 10.2 Å². The molecule has 0 aliphatic heterocycles. The van der Waals surface area contributed by atoms with Crippen molar-refractivity contribution in [2.75, 3.05) is 37.3 Å². The quantitative estimate of drug-likeness (QED) is 0.308. The van der Waals surface area contributed by atoms with E-state index >= 15 is 0 Å². The molecule has 202 valence electrons. The summed E-state index contributed by atoms with van der Waals surface area (Å²) in [5, 5.41) is 14.1. The van der Waals surface area contributed by atoms with Crippen LogP contribution < -0.4 is 14.4 Å². The molecule has 1 N–H and O–H groups in total. The molecule has 0 aliphatic carbocycles. The van der Waals surface area contributed by atoms with Gasteiger partial charge in [-0.25, -0.2) is 8.42 Å². The first-order valence-corrected chi connectivity index (χ1v) is 13.6. The molecule has 12 heteroatoms. The highest BCUT2D eigenvalue weighted by atomic mass is 32.2. The van der Waals surface area contributed by atoms with Crippen LogP contribution in [0.15, 0.2) is 48.5 Å². The average Bonchev–Trinajstić information content (AvgIpc) is 2.85. The number of hydrogen-bond acceptors (Lipinski definition) is 7. The maximum Gasteiger partial charge on any atom is 0.271 e. The molecule has 1 unspecified atom stereocenters. The van der Waals surface area contributed by atoms with Crippen LogP contribution in [0.1, 0.15) is 26.3 Å². The predicted molar refractivity (Wildman–Crippen MR) is 141 cm³/mol. The molecule has 0 aliphatic rings. The number of anilines is 1. The fourth-order valence-electron chi connectivity index (χ4n) is 3.60. The van der Waals surface area contributed by atoms with E-state index in [4.69, 9.17) is 4.74 Å². The number of rotatable bonds is 13. The summed E-state index contributed by atoms with van der Waals surface area (Å²) < 4.78 is 31.5. The largest absolute Gasteiger partial charge is 0.495 e. The van der Waals surface area contributed by atoms with E-state index in [2.05, 4.69) is 5.32 Å². The lowest BCUT2D eigenvalue weighted by atomic mass is 10.1. The number of carbonyl (C=O) groups excluding carboxylic acids is 2. The van der Waals surface area contributed by atoms with Crippen LogP contribution in [-0.4, -0.2) is 69.1 Å². The highest BCUT2D eigenvalue weighted by Gasteiger charge is 2.31. The van der Waals surface area contributed by atoms with E-state index in [0.717, 1.165) is 22.2 Å². The lowest BCUT2D eigenvalue weighted by molar-refractivity contribution is -0.384. The van der Waals surface area contributed by atoms with E-state index < -0.39 is 33.4 Å². The molecular weight excluding hydrogens is 500 g/mol. The van der Waals surface area contributed by atoms with Gasteiger partial charge in [-0.3, -0.25) is 24.0 Å². The topological polar surface area (TPSA) is 139 Å². The second-order valence-corrected chi connectivity index (χ2v) is 10.9. The Bertz CT molecular complexity index is 1200. The van der Waals surface area contributed by atoms with Crippen molar-refractivity contribution in [3.8, 4) is 5.75 Å². The SMILES string of the molecule is COc1ccc([N+](=O)[O-])cc1N(CC(=O)N(CCc1ccccc1)C(C)C(=O)NCC(C)C)S(C)(=O)=O. The smallest absolute Gasteiger partial charge is 0.271 e. The van der Waals surface area contributed by atoms with E-state index in [-0.39, 0.29) is 35.5 Å². The summed E-state index contributed by atoms with van der Waals surface area (Å²) in [5.74, 6) is -0.759. The fraction of sp³-hybridized carbons (Fsp3) is 0.440. The van der Waals surface area contributed by atoms with Gasteiger partial charge in [0.05, 0.1) is 18.3 Å². The van der Waals surface area contributed by atoms with E-state index in [1.54, 1.807) is 6.92 Å². The van der Waals surface area contributed by atoms with Gasteiger partial charge in [-0.1, -0.05) is 44.2 Å². The Morgan fingerprint density at radius 1 is 1.11 bits per heavy atom. The molecule has 2 aromatic carbocycles. The van der Waals surface area contributed by atoms with Crippen LogP contribution >= 0.6 is 0 Å². The zero-order chi connectivity index (χ0) is 27.8. The molecule has 0 saturated heterocycles. The molecular formula is C25H34N4O7S. The molecule has 0 aromatic heterocycles. The fourth-order valence-corrected chi connectivity index (χ4v) is 4.45. The van der Waals surface area contributed by atoms with Gasteiger partial charge in [0.1, 0.15) is 24.0 Å². The maximum atomic E-state index is 13.6. The van der Waals surface area contributed by atoms with Crippen LogP contribution in [0.2, 0.25) is 0 Å². The first-order valence-electron chi connectivity index (χ1n) is 11.8. The second-order valence-electron chi connectivity index (χ2n) is 9.02. The Morgan fingerprint density at radius 3 is 2.30 bits per heavy atom. The third kappa shape index (κ3) is 8.45. The molecule has 37 heavy (non-hydrogen) atoms. The summed E-state index contributed by atoms with van der Waals surface area (Å²) in [6.07, 6.45) is 1.33. The van der Waals surface area contributed by atoms with Crippen molar-refractivity contribution in [1.29, 1.82) is 0 Å². The number of amides is 2. The van der Waals surface area contributed by atoms with Crippen molar-refractivity contribution >= 4 is 33.2 Å². The molecule has 0 spiro atoms. The van der Waals surface area contributed by atoms with Gasteiger partial charge in [0.25, 0.3) is 5.69 Å². The Kier molecular flexibility index (Phi) is 10.4. The molecule has 11 nitrogen and oxygen atoms in total. The van der Waals surface area contributed by atoms with E-state index in [1.165, 1.54) is 24.1 Å². The first kappa shape index (κ1) is 29.6. The van der Waals surface area contributed by atoms with E-state index in [9.17, 15) is 28.1 Å². The van der Waals surface area contributed by atoms with Crippen molar-refractivity contribution in [3.63, 3.8) is 0 Å². The van der Waals surface area contributed by atoms with Gasteiger partial charge in [0.2, 0.25) is 21.8 Å². The molecule has 0 radical (unpaired) electrons. The minimum Gasteiger partial charge on any atom is -0.495 e. The molecule has 1 atom stereocenters. The van der Waals surface area contributed by atoms with Gasteiger partial charge in [0.15, 0.2) is 0 Å². The molecule has 2 aromatic rings. The molecule has 0 saturated carbocycles. The van der Waals surface area contributed by atoms with Crippen LogP contribution in [0, 0.1) is 16.0 Å². The minimum atomic E-state index is -4.07. The summed E-state index contributed by atoms with van der Waals surface area (Å²) in [6.45, 7) is 5.37. The highest BCUT2D eigenvalue weighted by Crippen LogP contribution is 2.33. The van der Waals surface area contributed by atoms with E-state index in [1.807, 2.05) is 44.2 Å². The Balaban J connectivity index is 2.42. The minimum absolute atomic E-state index is 0.0439. The van der Waals surface area contributed by atoms with E-state index in [0.29, 0.717) is 13.0 Å². The number of methoxy groups -OCH3 is 1.